The van der Waals surface area contributed by atoms with Crippen molar-refractivity contribution in [2.75, 3.05) is 20.3 Å². The Hall–Kier alpha value is -1.58. The van der Waals surface area contributed by atoms with Gasteiger partial charge >= 0.3 is 0 Å². The molecule has 0 radical (unpaired) electrons. The summed E-state index contributed by atoms with van der Waals surface area (Å²) in [5, 5.41) is 15.4. The third kappa shape index (κ3) is 2.75. The summed E-state index contributed by atoms with van der Waals surface area (Å²) in [5.74, 6) is 0.341. The molecule has 0 heterocycles. The van der Waals surface area contributed by atoms with Gasteiger partial charge in [-0.25, -0.2) is 0 Å². The fraction of sp³-hybridized carbons (Fsp3) is 0.286. The predicted molar refractivity (Wildman–Crippen MR) is 69.2 cm³/mol. The minimum atomic E-state index is 0.341. The lowest BCUT2D eigenvalue weighted by Crippen LogP contribution is -2.18. The molecule has 3 nitrogen and oxygen atoms in total. The summed E-state index contributed by atoms with van der Waals surface area (Å²) in [7, 11) is 1.68. The summed E-state index contributed by atoms with van der Waals surface area (Å²) < 4.78 is 4.97. The van der Waals surface area contributed by atoms with Crippen LogP contribution in [0, 0.1) is 0 Å². The van der Waals surface area contributed by atoms with Crippen molar-refractivity contribution in [3.63, 3.8) is 0 Å². The third-order valence-electron chi connectivity index (χ3n) is 2.80. The Morgan fingerprint density at radius 2 is 2.00 bits per heavy atom. The Balaban J connectivity index is 2.22. The first-order valence-electron chi connectivity index (χ1n) is 5.72. The Kier molecular flexibility index (Phi) is 3.96. The second-order valence-electron chi connectivity index (χ2n) is 3.95. The fourth-order valence-corrected chi connectivity index (χ4v) is 1.90. The number of hydrogen-bond donors (Lipinski definition) is 2. The van der Waals surface area contributed by atoms with E-state index in [0.29, 0.717) is 18.9 Å². The predicted octanol–water partition coefficient (Wildman–Crippen LogP) is 2.28. The van der Waals surface area contributed by atoms with Crippen LogP contribution in [-0.4, -0.2) is 25.4 Å². The van der Waals surface area contributed by atoms with Crippen LogP contribution in [0.3, 0.4) is 0 Å². The molecule has 0 saturated carbocycles. The number of nitrogens with one attached hydrogen (secondary N) is 1. The van der Waals surface area contributed by atoms with Gasteiger partial charge in [0.05, 0.1) is 6.61 Å². The van der Waals surface area contributed by atoms with E-state index in [1.807, 2.05) is 30.3 Å². The van der Waals surface area contributed by atoms with Crippen molar-refractivity contribution >= 4 is 10.8 Å². The molecule has 0 spiro atoms. The second kappa shape index (κ2) is 5.66. The van der Waals surface area contributed by atoms with Gasteiger partial charge in [0.1, 0.15) is 5.75 Å². The monoisotopic (exact) mass is 231 g/mol. The first kappa shape index (κ1) is 11.9. The molecule has 2 aromatic carbocycles. The van der Waals surface area contributed by atoms with Gasteiger partial charge in [0.2, 0.25) is 0 Å². The summed E-state index contributed by atoms with van der Waals surface area (Å²) in [6.45, 7) is 2.10. The topological polar surface area (TPSA) is 41.5 Å². The van der Waals surface area contributed by atoms with Gasteiger partial charge in [-0.05, 0) is 16.8 Å². The van der Waals surface area contributed by atoms with Gasteiger partial charge in [0.25, 0.3) is 0 Å². The maximum absolute atomic E-state index is 9.89. The molecule has 0 aliphatic heterocycles. The highest BCUT2D eigenvalue weighted by molar-refractivity contribution is 5.87. The highest BCUT2D eigenvalue weighted by atomic mass is 16.5. The molecule has 0 aliphatic rings. The zero-order valence-electron chi connectivity index (χ0n) is 9.94. The van der Waals surface area contributed by atoms with Crippen LogP contribution >= 0.6 is 0 Å². The Morgan fingerprint density at radius 1 is 1.18 bits per heavy atom. The minimum absolute atomic E-state index is 0.341. The molecule has 0 atom stereocenters. The Labute approximate surface area is 101 Å². The highest BCUT2D eigenvalue weighted by Gasteiger charge is 2.05. The molecule has 2 aromatic rings. The quantitative estimate of drug-likeness (QED) is 0.776. The molecule has 2 rings (SSSR count). The molecule has 0 aromatic heterocycles. The molecular formula is C14H17NO2. The number of ether oxygens (including phenoxy) is 1. The summed E-state index contributed by atoms with van der Waals surface area (Å²) in [6.07, 6.45) is 0. The molecule has 0 bridgehead atoms. The summed E-state index contributed by atoms with van der Waals surface area (Å²) in [5.41, 5.74) is 0.944. The summed E-state index contributed by atoms with van der Waals surface area (Å²) in [6, 6.07) is 11.7. The number of rotatable bonds is 5. The van der Waals surface area contributed by atoms with Crippen molar-refractivity contribution in [1.82, 2.24) is 5.32 Å². The number of fused-ring (bicyclic) bond motifs is 1. The third-order valence-corrected chi connectivity index (χ3v) is 2.80. The van der Waals surface area contributed by atoms with Gasteiger partial charge in [-0.15, -0.1) is 0 Å². The van der Waals surface area contributed by atoms with Crippen LogP contribution < -0.4 is 5.32 Å². The van der Waals surface area contributed by atoms with Gasteiger partial charge in [-0.3, -0.25) is 0 Å². The van der Waals surface area contributed by atoms with Crippen LogP contribution in [0.5, 0.6) is 5.75 Å². The number of phenols is 1. The lowest BCUT2D eigenvalue weighted by Gasteiger charge is -2.10. The van der Waals surface area contributed by atoms with E-state index < -0.39 is 0 Å². The van der Waals surface area contributed by atoms with Gasteiger partial charge in [0.15, 0.2) is 0 Å². The van der Waals surface area contributed by atoms with Crippen molar-refractivity contribution in [3.05, 3.63) is 42.0 Å². The first-order chi connectivity index (χ1) is 8.33. The normalized spacial score (nSPS) is 10.9. The number of phenolic OH excluding ortho intramolecular Hbond substituents is 1. The SMILES string of the molecule is COCCNCc1c(O)ccc2ccccc12. The van der Waals surface area contributed by atoms with Crippen LogP contribution in [0.1, 0.15) is 5.56 Å². The van der Waals surface area contributed by atoms with E-state index in [9.17, 15) is 5.11 Å². The average molecular weight is 231 g/mol. The molecular weight excluding hydrogens is 214 g/mol. The van der Waals surface area contributed by atoms with Crippen LogP contribution in [0.25, 0.3) is 10.8 Å². The molecule has 90 valence electrons. The molecule has 0 amide bonds. The van der Waals surface area contributed by atoms with Crippen molar-refractivity contribution < 1.29 is 9.84 Å². The molecule has 0 saturated heterocycles. The van der Waals surface area contributed by atoms with Gasteiger partial charge in [-0.2, -0.15) is 0 Å². The van der Waals surface area contributed by atoms with E-state index in [-0.39, 0.29) is 0 Å². The molecule has 0 fully saturated rings. The Morgan fingerprint density at radius 3 is 2.82 bits per heavy atom. The van der Waals surface area contributed by atoms with E-state index >= 15 is 0 Å². The zero-order chi connectivity index (χ0) is 12.1. The molecule has 3 heteroatoms. The highest BCUT2D eigenvalue weighted by Crippen LogP contribution is 2.26. The fourth-order valence-electron chi connectivity index (χ4n) is 1.90. The van der Waals surface area contributed by atoms with E-state index in [4.69, 9.17) is 4.74 Å². The molecule has 0 unspecified atom stereocenters. The largest absolute Gasteiger partial charge is 0.508 e. The van der Waals surface area contributed by atoms with E-state index in [0.717, 1.165) is 22.9 Å². The average Bonchev–Trinajstić information content (AvgIpc) is 2.37. The van der Waals surface area contributed by atoms with Crippen LogP contribution in [-0.2, 0) is 11.3 Å². The molecule has 17 heavy (non-hydrogen) atoms. The van der Waals surface area contributed by atoms with Gasteiger partial charge in [-0.1, -0.05) is 30.3 Å². The van der Waals surface area contributed by atoms with Gasteiger partial charge in [0, 0.05) is 25.8 Å². The van der Waals surface area contributed by atoms with Crippen molar-refractivity contribution in [1.29, 1.82) is 0 Å². The number of benzene rings is 2. The van der Waals surface area contributed by atoms with Gasteiger partial charge < -0.3 is 15.2 Å². The smallest absolute Gasteiger partial charge is 0.120 e. The van der Waals surface area contributed by atoms with Crippen molar-refractivity contribution in [2.24, 2.45) is 0 Å². The second-order valence-corrected chi connectivity index (χ2v) is 3.95. The standard InChI is InChI=1S/C14H17NO2/c1-17-9-8-15-10-13-12-5-3-2-4-11(12)6-7-14(13)16/h2-7,15-16H,8-10H2,1H3. The van der Waals surface area contributed by atoms with Crippen LogP contribution in [0.15, 0.2) is 36.4 Å². The maximum Gasteiger partial charge on any atom is 0.120 e. The van der Waals surface area contributed by atoms with Crippen molar-refractivity contribution in [3.8, 4) is 5.75 Å². The van der Waals surface area contributed by atoms with E-state index in [1.54, 1.807) is 13.2 Å². The minimum Gasteiger partial charge on any atom is -0.508 e. The molecule has 2 N–H and O–H groups in total. The first-order valence-corrected chi connectivity index (χ1v) is 5.72. The van der Waals surface area contributed by atoms with Crippen LogP contribution in [0.2, 0.25) is 0 Å². The lowest BCUT2D eigenvalue weighted by atomic mass is 10.0. The Bertz CT molecular complexity index is 497. The lowest BCUT2D eigenvalue weighted by molar-refractivity contribution is 0.199. The van der Waals surface area contributed by atoms with E-state index in [2.05, 4.69) is 5.32 Å². The number of aromatic hydroxyl groups is 1. The summed E-state index contributed by atoms with van der Waals surface area (Å²) in [4.78, 5) is 0. The van der Waals surface area contributed by atoms with Crippen molar-refractivity contribution in [2.45, 2.75) is 6.54 Å². The summed E-state index contributed by atoms with van der Waals surface area (Å²) >= 11 is 0. The number of hydrogen-bond acceptors (Lipinski definition) is 3. The number of methoxy groups -OCH3 is 1. The molecule has 0 aliphatic carbocycles. The maximum atomic E-state index is 9.89. The van der Waals surface area contributed by atoms with Crippen LogP contribution in [0.4, 0.5) is 0 Å². The van der Waals surface area contributed by atoms with E-state index in [1.165, 1.54) is 0 Å². The zero-order valence-corrected chi connectivity index (χ0v) is 9.94.